The zero-order chi connectivity index (χ0) is 15.0. The number of aromatic nitrogens is 3. The van der Waals surface area contributed by atoms with Crippen molar-refractivity contribution in [1.29, 1.82) is 0 Å². The third kappa shape index (κ3) is 2.46. The Morgan fingerprint density at radius 1 is 1.29 bits per heavy atom. The minimum atomic E-state index is -4.09. The lowest BCUT2D eigenvalue weighted by molar-refractivity contribution is 0.0698. The second-order valence-electron chi connectivity index (χ2n) is 3.83. The molecule has 0 unspecified atom stereocenters. The van der Waals surface area contributed by atoms with Crippen molar-refractivity contribution < 1.29 is 18.3 Å². The quantitative estimate of drug-likeness (QED) is 0.739. The summed E-state index contributed by atoms with van der Waals surface area (Å²) in [7, 11) is -4.09. The van der Waals surface area contributed by atoms with E-state index in [4.69, 9.17) is 0 Å². The fraction of sp³-hybridized carbons (Fsp3) is 0. The van der Waals surface area contributed by atoms with Crippen molar-refractivity contribution >= 4 is 54.1 Å². The monoisotopic (exact) mass is 342 g/mol. The van der Waals surface area contributed by atoms with Gasteiger partial charge in [0, 0.05) is 21.6 Å². The molecule has 2 aromatic heterocycles. The number of nitrogens with one attached hydrogen (secondary N) is 1. The van der Waals surface area contributed by atoms with E-state index in [9.17, 15) is 18.3 Å². The number of rotatable bonds is 4. The average Bonchev–Trinajstić information content (AvgIpc) is 3.04. The molecular formula is C10H6N4O4S3. The summed E-state index contributed by atoms with van der Waals surface area (Å²) >= 11 is 1.66. The molecule has 0 fully saturated rings. The van der Waals surface area contributed by atoms with Crippen LogP contribution in [0.2, 0.25) is 0 Å². The molecular weight excluding hydrogens is 336 g/mol. The highest BCUT2D eigenvalue weighted by atomic mass is 32.2. The summed E-state index contributed by atoms with van der Waals surface area (Å²) in [6.07, 6.45) is 0. The molecule has 108 valence electrons. The molecule has 0 spiro atoms. The second kappa shape index (κ2) is 5.02. The standard InChI is InChI=1S/C10H6N4O4S3/c15-9(16)7-8(5-3-1-2-4-6(5)19-7)21(17,18)12-10-11-13-14-20-10/h1-4H,(H,15,16)(H,11,12,14). The minimum absolute atomic E-state index is 0.0263. The van der Waals surface area contributed by atoms with Crippen molar-refractivity contribution in [1.82, 2.24) is 14.8 Å². The molecule has 11 heteroatoms. The molecule has 0 aliphatic heterocycles. The van der Waals surface area contributed by atoms with Crippen LogP contribution in [0.3, 0.4) is 0 Å². The highest BCUT2D eigenvalue weighted by molar-refractivity contribution is 7.93. The number of hydrogen-bond donors (Lipinski definition) is 2. The summed E-state index contributed by atoms with van der Waals surface area (Å²) in [6, 6.07) is 6.58. The Balaban J connectivity index is 2.22. The number of fused-ring (bicyclic) bond motifs is 1. The van der Waals surface area contributed by atoms with Crippen molar-refractivity contribution in [3.8, 4) is 0 Å². The predicted octanol–water partition coefficient (Wildman–Crippen LogP) is 1.65. The first-order valence-electron chi connectivity index (χ1n) is 5.42. The largest absolute Gasteiger partial charge is 0.477 e. The van der Waals surface area contributed by atoms with Crippen LogP contribution in [0.15, 0.2) is 29.2 Å². The molecule has 0 atom stereocenters. The van der Waals surface area contributed by atoms with E-state index in [-0.39, 0.29) is 14.9 Å². The summed E-state index contributed by atoms with van der Waals surface area (Å²) in [6.45, 7) is 0. The van der Waals surface area contributed by atoms with Crippen LogP contribution in [-0.4, -0.2) is 34.3 Å². The summed E-state index contributed by atoms with van der Waals surface area (Å²) in [5.74, 6) is -1.30. The Hall–Kier alpha value is -2.11. The van der Waals surface area contributed by atoms with E-state index in [1.807, 2.05) is 0 Å². The molecule has 0 amide bonds. The van der Waals surface area contributed by atoms with Gasteiger partial charge in [-0.25, -0.2) is 13.2 Å². The van der Waals surface area contributed by atoms with Gasteiger partial charge in [0.15, 0.2) is 0 Å². The third-order valence-corrected chi connectivity index (χ3v) is 5.89. The number of anilines is 1. The van der Waals surface area contributed by atoms with Crippen molar-refractivity contribution in [2.45, 2.75) is 4.90 Å². The maximum Gasteiger partial charge on any atom is 0.347 e. The van der Waals surface area contributed by atoms with Gasteiger partial charge in [-0.2, -0.15) is 0 Å². The number of carbonyl (C=O) groups is 1. The maximum absolute atomic E-state index is 12.4. The van der Waals surface area contributed by atoms with Crippen LogP contribution in [-0.2, 0) is 10.0 Å². The lowest BCUT2D eigenvalue weighted by Crippen LogP contribution is -2.15. The van der Waals surface area contributed by atoms with Crippen LogP contribution in [0.1, 0.15) is 9.67 Å². The van der Waals surface area contributed by atoms with Crippen LogP contribution >= 0.6 is 22.9 Å². The van der Waals surface area contributed by atoms with Gasteiger partial charge >= 0.3 is 5.97 Å². The van der Waals surface area contributed by atoms with Gasteiger partial charge in [0.05, 0.1) is 0 Å². The summed E-state index contributed by atoms with van der Waals surface area (Å²) in [4.78, 5) is 10.8. The van der Waals surface area contributed by atoms with Gasteiger partial charge in [-0.1, -0.05) is 27.8 Å². The first-order valence-corrected chi connectivity index (χ1v) is 8.49. The van der Waals surface area contributed by atoms with Crippen molar-refractivity contribution in [2.75, 3.05) is 4.72 Å². The van der Waals surface area contributed by atoms with E-state index >= 15 is 0 Å². The normalized spacial score (nSPS) is 11.6. The number of aromatic carboxylic acids is 1. The number of thiophene rings is 1. The predicted molar refractivity (Wildman–Crippen MR) is 77.3 cm³/mol. The van der Waals surface area contributed by atoms with Crippen molar-refractivity contribution in [3.05, 3.63) is 29.1 Å². The SMILES string of the molecule is O=C(O)c1sc2ccccc2c1S(=O)(=O)Nc1nnns1. The number of carboxylic acids is 1. The smallest absolute Gasteiger partial charge is 0.347 e. The van der Waals surface area contributed by atoms with Gasteiger partial charge in [-0.3, -0.25) is 4.72 Å². The lowest BCUT2D eigenvalue weighted by Gasteiger charge is -2.04. The number of sulfonamides is 1. The van der Waals surface area contributed by atoms with E-state index in [0.717, 1.165) is 22.9 Å². The molecule has 8 nitrogen and oxygen atoms in total. The van der Waals surface area contributed by atoms with Crippen LogP contribution in [0, 0.1) is 0 Å². The molecule has 0 saturated carbocycles. The molecule has 3 rings (SSSR count). The molecule has 2 heterocycles. The fourth-order valence-corrected chi connectivity index (χ4v) is 5.10. The average molecular weight is 342 g/mol. The van der Waals surface area contributed by atoms with E-state index in [0.29, 0.717) is 10.1 Å². The van der Waals surface area contributed by atoms with Gasteiger partial charge in [-0.15, -0.1) is 11.3 Å². The Morgan fingerprint density at radius 3 is 2.71 bits per heavy atom. The first kappa shape index (κ1) is 13.9. The Bertz CT molecular complexity index is 917. The van der Waals surface area contributed by atoms with Crippen LogP contribution in [0.5, 0.6) is 0 Å². The first-order chi connectivity index (χ1) is 9.99. The molecule has 0 aliphatic rings. The van der Waals surface area contributed by atoms with Gasteiger partial charge in [0.2, 0.25) is 5.13 Å². The summed E-state index contributed by atoms with van der Waals surface area (Å²) in [5, 5.41) is 16.3. The van der Waals surface area contributed by atoms with Crippen LogP contribution < -0.4 is 4.72 Å². The molecule has 1 aromatic carbocycles. The highest BCUT2D eigenvalue weighted by Crippen LogP contribution is 2.35. The molecule has 3 aromatic rings. The van der Waals surface area contributed by atoms with E-state index in [1.165, 1.54) is 0 Å². The molecule has 0 aliphatic carbocycles. The summed E-state index contributed by atoms with van der Waals surface area (Å²) < 4.78 is 31.1. The molecule has 0 saturated heterocycles. The zero-order valence-electron chi connectivity index (χ0n) is 10.0. The third-order valence-electron chi connectivity index (χ3n) is 2.53. The highest BCUT2D eigenvalue weighted by Gasteiger charge is 2.29. The second-order valence-corrected chi connectivity index (χ2v) is 7.24. The zero-order valence-corrected chi connectivity index (χ0v) is 12.5. The van der Waals surface area contributed by atoms with E-state index in [1.54, 1.807) is 24.3 Å². The lowest BCUT2D eigenvalue weighted by atomic mass is 10.2. The molecule has 0 radical (unpaired) electrons. The van der Waals surface area contributed by atoms with Crippen LogP contribution in [0.25, 0.3) is 10.1 Å². The summed E-state index contributed by atoms with van der Waals surface area (Å²) in [5.41, 5.74) is 0. The Kier molecular flexibility index (Phi) is 3.31. The van der Waals surface area contributed by atoms with E-state index < -0.39 is 16.0 Å². The topological polar surface area (TPSA) is 122 Å². The number of hydrogen-bond acceptors (Lipinski definition) is 8. The van der Waals surface area contributed by atoms with Crippen LogP contribution in [0.4, 0.5) is 5.13 Å². The minimum Gasteiger partial charge on any atom is -0.477 e. The fourth-order valence-electron chi connectivity index (χ4n) is 1.77. The number of benzene rings is 1. The Labute approximate surface area is 126 Å². The Morgan fingerprint density at radius 2 is 2.05 bits per heavy atom. The van der Waals surface area contributed by atoms with Gasteiger partial charge in [-0.05, 0) is 11.3 Å². The number of nitrogens with zero attached hydrogens (tertiary/aromatic N) is 3. The number of carboxylic acid groups (broad SMARTS) is 1. The molecule has 2 N–H and O–H groups in total. The maximum atomic E-state index is 12.4. The van der Waals surface area contributed by atoms with Gasteiger partial charge in [0.25, 0.3) is 10.0 Å². The molecule has 0 bridgehead atoms. The van der Waals surface area contributed by atoms with Gasteiger partial charge < -0.3 is 5.11 Å². The van der Waals surface area contributed by atoms with Crippen molar-refractivity contribution in [2.24, 2.45) is 0 Å². The van der Waals surface area contributed by atoms with Crippen molar-refractivity contribution in [3.63, 3.8) is 0 Å². The van der Waals surface area contributed by atoms with E-state index in [2.05, 4.69) is 19.5 Å². The van der Waals surface area contributed by atoms with Gasteiger partial charge in [0.1, 0.15) is 9.77 Å². The molecule has 21 heavy (non-hydrogen) atoms.